The van der Waals surface area contributed by atoms with Gasteiger partial charge in [-0.1, -0.05) is 30.0 Å². The summed E-state index contributed by atoms with van der Waals surface area (Å²) < 4.78 is 5.16. The van der Waals surface area contributed by atoms with E-state index in [1.807, 2.05) is 18.2 Å². The molecule has 0 aromatic heterocycles. The molecule has 112 valence electrons. The van der Waals surface area contributed by atoms with Gasteiger partial charge in [0.2, 0.25) is 11.8 Å². The van der Waals surface area contributed by atoms with Crippen LogP contribution in [0.25, 0.3) is 0 Å². The van der Waals surface area contributed by atoms with Gasteiger partial charge in [0.25, 0.3) is 0 Å². The number of hydrogen-bond donors (Lipinski definition) is 0. The minimum atomic E-state index is -0.575. The number of benzene rings is 1. The molecule has 0 N–H and O–H groups in total. The molecule has 22 heavy (non-hydrogen) atoms. The van der Waals surface area contributed by atoms with Crippen LogP contribution in [0.4, 0.5) is 0 Å². The smallest absolute Gasteiger partial charge is 0.365 e. The lowest BCUT2D eigenvalue weighted by molar-refractivity contribution is -0.130. The van der Waals surface area contributed by atoms with Crippen LogP contribution in [0.15, 0.2) is 52.2 Å². The highest BCUT2D eigenvalue weighted by atomic mass is 32.2. The SMILES string of the molecule is CC(=O)N(C=C1N=C(c2ccccc2)OC1=O)C1=NCCS1. The highest BCUT2D eigenvalue weighted by molar-refractivity contribution is 8.14. The number of carbonyl (C=O) groups is 2. The molecule has 0 saturated carbocycles. The number of esters is 1. The second kappa shape index (κ2) is 6.15. The van der Waals surface area contributed by atoms with Gasteiger partial charge in [0.1, 0.15) is 0 Å². The van der Waals surface area contributed by atoms with E-state index < -0.39 is 5.97 Å². The Morgan fingerprint density at radius 1 is 1.36 bits per heavy atom. The third-order valence-corrected chi connectivity index (χ3v) is 3.98. The summed E-state index contributed by atoms with van der Waals surface area (Å²) in [5.41, 5.74) is 0.797. The Hall–Kier alpha value is -2.41. The zero-order valence-corrected chi connectivity index (χ0v) is 12.7. The number of cyclic esters (lactones) is 1. The Bertz CT molecular complexity index is 710. The van der Waals surface area contributed by atoms with Crippen molar-refractivity contribution in [1.82, 2.24) is 4.90 Å². The largest absolute Gasteiger partial charge is 0.402 e. The highest BCUT2D eigenvalue weighted by Gasteiger charge is 2.27. The molecule has 2 aliphatic rings. The maximum absolute atomic E-state index is 11.9. The van der Waals surface area contributed by atoms with Crippen LogP contribution in [0, 0.1) is 0 Å². The number of thioether (sulfide) groups is 1. The molecule has 1 aromatic rings. The van der Waals surface area contributed by atoms with Crippen LogP contribution in [0.5, 0.6) is 0 Å². The summed E-state index contributed by atoms with van der Waals surface area (Å²) in [6, 6.07) is 9.13. The van der Waals surface area contributed by atoms with E-state index in [1.54, 1.807) is 12.1 Å². The predicted molar refractivity (Wildman–Crippen MR) is 84.4 cm³/mol. The Balaban J connectivity index is 1.91. The average Bonchev–Trinajstić information content (AvgIpc) is 3.15. The number of aliphatic imine (C=N–C) groups is 2. The third-order valence-electron chi connectivity index (χ3n) is 3.01. The topological polar surface area (TPSA) is 71.3 Å². The molecule has 0 atom stereocenters. The fraction of sp³-hybridized carbons (Fsp3) is 0.200. The second-order valence-electron chi connectivity index (χ2n) is 4.59. The van der Waals surface area contributed by atoms with E-state index in [0.29, 0.717) is 17.3 Å². The van der Waals surface area contributed by atoms with Gasteiger partial charge in [-0.15, -0.1) is 0 Å². The summed E-state index contributed by atoms with van der Waals surface area (Å²) in [7, 11) is 0. The molecule has 0 spiro atoms. The van der Waals surface area contributed by atoms with Crippen LogP contribution in [-0.2, 0) is 14.3 Å². The van der Waals surface area contributed by atoms with Crippen molar-refractivity contribution in [3.05, 3.63) is 47.8 Å². The van der Waals surface area contributed by atoms with Crippen molar-refractivity contribution < 1.29 is 14.3 Å². The van der Waals surface area contributed by atoms with Gasteiger partial charge in [-0.2, -0.15) is 0 Å². The summed E-state index contributed by atoms with van der Waals surface area (Å²) >= 11 is 1.47. The number of amidine groups is 1. The van der Waals surface area contributed by atoms with E-state index in [9.17, 15) is 9.59 Å². The standard InChI is InChI=1S/C15H13N3O3S/c1-10(19)18(15-16-7-8-22-15)9-12-14(20)21-13(17-12)11-5-3-2-4-6-11/h2-6,9H,7-8H2,1H3. The first-order valence-corrected chi connectivity index (χ1v) is 7.69. The number of nitrogens with zero attached hydrogens (tertiary/aromatic N) is 3. The van der Waals surface area contributed by atoms with Gasteiger partial charge in [0, 0.05) is 24.4 Å². The fourth-order valence-electron chi connectivity index (χ4n) is 1.98. The van der Waals surface area contributed by atoms with Crippen molar-refractivity contribution in [3.8, 4) is 0 Å². The molecule has 0 radical (unpaired) electrons. The Kier molecular flexibility index (Phi) is 4.06. The van der Waals surface area contributed by atoms with Gasteiger partial charge < -0.3 is 4.74 Å². The van der Waals surface area contributed by atoms with Crippen LogP contribution >= 0.6 is 11.8 Å². The molecule has 1 aromatic carbocycles. The van der Waals surface area contributed by atoms with Gasteiger partial charge in [0.05, 0.1) is 6.54 Å². The molecule has 2 heterocycles. The third kappa shape index (κ3) is 2.94. The summed E-state index contributed by atoms with van der Waals surface area (Å²) in [5.74, 6) is 0.262. The lowest BCUT2D eigenvalue weighted by atomic mass is 10.2. The van der Waals surface area contributed by atoms with Crippen LogP contribution in [-0.4, -0.2) is 40.1 Å². The number of carbonyl (C=O) groups excluding carboxylic acids is 2. The lowest BCUT2D eigenvalue weighted by Crippen LogP contribution is -2.28. The normalized spacial score (nSPS) is 19.0. The van der Waals surface area contributed by atoms with Gasteiger partial charge >= 0.3 is 5.97 Å². The summed E-state index contributed by atoms with van der Waals surface area (Å²) in [4.78, 5) is 33.5. The van der Waals surface area contributed by atoms with Crippen molar-refractivity contribution in [1.29, 1.82) is 0 Å². The maximum Gasteiger partial charge on any atom is 0.365 e. The number of ether oxygens (including phenoxy) is 1. The molecule has 2 aliphatic heterocycles. The van der Waals surface area contributed by atoms with E-state index in [1.165, 1.54) is 29.8 Å². The van der Waals surface area contributed by atoms with E-state index in [-0.39, 0.29) is 17.5 Å². The van der Waals surface area contributed by atoms with E-state index in [4.69, 9.17) is 4.74 Å². The molecule has 7 heteroatoms. The van der Waals surface area contributed by atoms with Crippen LogP contribution in [0.1, 0.15) is 12.5 Å². The Morgan fingerprint density at radius 3 is 2.77 bits per heavy atom. The van der Waals surface area contributed by atoms with Crippen LogP contribution < -0.4 is 0 Å². The maximum atomic E-state index is 11.9. The molecule has 0 bridgehead atoms. The first-order chi connectivity index (χ1) is 10.6. The van der Waals surface area contributed by atoms with Crippen molar-refractivity contribution >= 4 is 34.7 Å². The summed E-state index contributed by atoms with van der Waals surface area (Å²) in [6.07, 6.45) is 1.39. The number of rotatable bonds is 2. The molecule has 1 amide bonds. The molecular formula is C15H13N3O3S. The first kappa shape index (κ1) is 14.5. The molecule has 0 fully saturated rings. The van der Waals surface area contributed by atoms with Crippen LogP contribution in [0.3, 0.4) is 0 Å². The van der Waals surface area contributed by atoms with Crippen LogP contribution in [0.2, 0.25) is 0 Å². The first-order valence-electron chi connectivity index (χ1n) is 6.70. The molecule has 3 rings (SSSR count). The molecule has 0 saturated heterocycles. The van der Waals surface area contributed by atoms with Gasteiger partial charge in [-0.25, -0.2) is 9.79 Å². The highest BCUT2D eigenvalue weighted by Crippen LogP contribution is 2.21. The van der Waals surface area contributed by atoms with Crippen molar-refractivity contribution in [2.45, 2.75) is 6.92 Å². The molecule has 6 nitrogen and oxygen atoms in total. The van der Waals surface area contributed by atoms with Crippen molar-refractivity contribution in [3.63, 3.8) is 0 Å². The monoisotopic (exact) mass is 315 g/mol. The number of amides is 1. The zero-order valence-electron chi connectivity index (χ0n) is 11.9. The fourth-order valence-corrected chi connectivity index (χ4v) is 2.84. The number of hydrogen-bond acceptors (Lipinski definition) is 6. The lowest BCUT2D eigenvalue weighted by Gasteiger charge is -2.14. The average molecular weight is 315 g/mol. The quantitative estimate of drug-likeness (QED) is 0.616. The Labute approximate surface area is 131 Å². The molecule has 0 unspecified atom stereocenters. The molecular weight excluding hydrogens is 302 g/mol. The van der Waals surface area contributed by atoms with E-state index >= 15 is 0 Å². The second-order valence-corrected chi connectivity index (χ2v) is 5.65. The van der Waals surface area contributed by atoms with E-state index in [0.717, 1.165) is 5.75 Å². The van der Waals surface area contributed by atoms with Crippen molar-refractivity contribution in [2.24, 2.45) is 9.98 Å². The minimum Gasteiger partial charge on any atom is -0.402 e. The van der Waals surface area contributed by atoms with Gasteiger partial charge in [0.15, 0.2) is 10.9 Å². The predicted octanol–water partition coefficient (Wildman–Crippen LogP) is 1.78. The molecule has 0 aliphatic carbocycles. The summed E-state index contributed by atoms with van der Waals surface area (Å²) in [5, 5.41) is 0.580. The van der Waals surface area contributed by atoms with E-state index in [2.05, 4.69) is 9.98 Å². The van der Waals surface area contributed by atoms with Gasteiger partial charge in [-0.05, 0) is 12.1 Å². The van der Waals surface area contributed by atoms with Gasteiger partial charge in [-0.3, -0.25) is 14.7 Å². The zero-order chi connectivity index (χ0) is 15.5. The summed E-state index contributed by atoms with van der Waals surface area (Å²) in [6.45, 7) is 2.08. The Morgan fingerprint density at radius 2 is 2.14 bits per heavy atom. The minimum absolute atomic E-state index is 0.0873. The van der Waals surface area contributed by atoms with Crippen molar-refractivity contribution in [2.75, 3.05) is 12.3 Å².